The summed E-state index contributed by atoms with van der Waals surface area (Å²) < 4.78 is 1.76. The summed E-state index contributed by atoms with van der Waals surface area (Å²) in [5.74, 6) is -1.24. The number of benzene rings is 4. The molecule has 0 fully saturated rings. The summed E-state index contributed by atoms with van der Waals surface area (Å²) in [6.45, 7) is 0.478. The third-order valence-corrected chi connectivity index (χ3v) is 6.54. The summed E-state index contributed by atoms with van der Waals surface area (Å²) >= 11 is 6.31. The Hall–Kier alpha value is -4.62. The number of nitrogens with zero attached hydrogens (tertiary/aromatic N) is 3. The van der Waals surface area contributed by atoms with Crippen molar-refractivity contribution in [3.05, 3.63) is 107 Å². The molecule has 0 saturated heterocycles. The Labute approximate surface area is 217 Å². The second kappa shape index (κ2) is 10.2. The summed E-state index contributed by atoms with van der Waals surface area (Å²) in [7, 11) is 0. The summed E-state index contributed by atoms with van der Waals surface area (Å²) in [5.41, 5.74) is 3.30. The number of carboxylic acids is 1. The minimum Gasteiger partial charge on any atom is -0.505 e. The molecule has 0 unspecified atom stereocenters. The highest BCUT2D eigenvalue weighted by Gasteiger charge is 2.17. The highest BCUT2D eigenvalue weighted by atomic mass is 35.5. The largest absolute Gasteiger partial charge is 0.505 e. The van der Waals surface area contributed by atoms with Crippen LogP contribution in [0.2, 0.25) is 5.02 Å². The van der Waals surface area contributed by atoms with E-state index in [4.69, 9.17) is 11.6 Å². The quantitative estimate of drug-likeness (QED) is 0.194. The zero-order chi connectivity index (χ0) is 25.9. The van der Waals surface area contributed by atoms with Crippen LogP contribution in [-0.2, 0) is 13.0 Å². The molecule has 184 valence electrons. The number of carbonyl (C=O) groups is 1. The molecule has 0 bridgehead atoms. The molecular weight excluding hydrogens is 490 g/mol. The van der Waals surface area contributed by atoms with Crippen molar-refractivity contribution in [2.24, 2.45) is 10.2 Å². The second-order valence-corrected chi connectivity index (χ2v) is 8.85. The number of fused-ring (bicyclic) bond motifs is 1. The summed E-state index contributed by atoms with van der Waals surface area (Å²) in [6, 6.07) is 26.3. The fourth-order valence-corrected chi connectivity index (χ4v) is 4.53. The number of carboxylic acid groups (broad SMARTS) is 1. The number of azo groups is 1. The average Bonchev–Trinajstić information content (AvgIpc) is 3.18. The maximum absolute atomic E-state index is 11.4. The number of para-hydroxylation sites is 2. The Kier molecular flexibility index (Phi) is 6.62. The number of aromatic carboxylic acids is 1. The number of aromatic hydroxyl groups is 2. The lowest BCUT2D eigenvalue weighted by atomic mass is 10.0. The van der Waals surface area contributed by atoms with Crippen molar-refractivity contribution < 1.29 is 20.1 Å². The van der Waals surface area contributed by atoms with Crippen molar-refractivity contribution in [3.8, 4) is 22.8 Å². The van der Waals surface area contributed by atoms with Gasteiger partial charge in [0.15, 0.2) is 11.4 Å². The Morgan fingerprint density at radius 3 is 2.43 bits per heavy atom. The maximum Gasteiger partial charge on any atom is 0.335 e. The van der Waals surface area contributed by atoms with E-state index in [1.165, 1.54) is 12.1 Å². The van der Waals surface area contributed by atoms with Crippen molar-refractivity contribution in [1.29, 1.82) is 0 Å². The van der Waals surface area contributed by atoms with Crippen molar-refractivity contribution in [2.75, 3.05) is 0 Å². The van der Waals surface area contributed by atoms with E-state index in [2.05, 4.69) is 10.2 Å². The van der Waals surface area contributed by atoms with Crippen LogP contribution < -0.4 is 0 Å². The first-order valence-electron chi connectivity index (χ1n) is 11.5. The van der Waals surface area contributed by atoms with E-state index in [0.717, 1.165) is 11.1 Å². The molecule has 0 aliphatic heterocycles. The number of rotatable bonds is 7. The first-order valence-corrected chi connectivity index (χ1v) is 11.9. The van der Waals surface area contributed by atoms with E-state index in [0.29, 0.717) is 34.5 Å². The standard InChI is InChI=1S/C29H22ClN3O4/c30-23-12-3-1-7-18(23)15-16-33-25-14-4-2-10-22(25)26(28(33)35)32-31-24-13-6-11-21(27(24)34)19-8-5-9-20(17-19)29(36)37/h1-14,17,34-35H,15-16H2,(H,36,37). The molecule has 0 spiro atoms. The number of hydrogen-bond acceptors (Lipinski definition) is 5. The van der Waals surface area contributed by atoms with E-state index >= 15 is 0 Å². The lowest BCUT2D eigenvalue weighted by Crippen LogP contribution is -2.01. The van der Waals surface area contributed by atoms with E-state index in [1.54, 1.807) is 34.9 Å². The minimum atomic E-state index is -1.06. The fourth-order valence-electron chi connectivity index (χ4n) is 4.30. The molecule has 8 heteroatoms. The monoisotopic (exact) mass is 511 g/mol. The Morgan fingerprint density at radius 2 is 1.62 bits per heavy atom. The van der Waals surface area contributed by atoms with Crippen molar-refractivity contribution in [3.63, 3.8) is 0 Å². The van der Waals surface area contributed by atoms with Crippen LogP contribution in [0.5, 0.6) is 11.6 Å². The smallest absolute Gasteiger partial charge is 0.335 e. The molecule has 0 amide bonds. The molecular formula is C29H22ClN3O4. The molecule has 0 saturated carbocycles. The molecule has 0 radical (unpaired) electrons. The van der Waals surface area contributed by atoms with Gasteiger partial charge in [0, 0.05) is 22.5 Å². The van der Waals surface area contributed by atoms with E-state index < -0.39 is 5.97 Å². The fraction of sp³-hybridized carbons (Fsp3) is 0.0690. The predicted octanol–water partition coefficient (Wildman–Crippen LogP) is 7.73. The molecule has 0 atom stereocenters. The molecule has 4 aromatic carbocycles. The van der Waals surface area contributed by atoms with Gasteiger partial charge in [-0.25, -0.2) is 4.79 Å². The van der Waals surface area contributed by atoms with Crippen molar-refractivity contribution in [2.45, 2.75) is 13.0 Å². The average molecular weight is 512 g/mol. The molecule has 5 rings (SSSR count). The molecule has 5 aromatic rings. The van der Waals surface area contributed by atoms with Gasteiger partial charge < -0.3 is 19.9 Å². The van der Waals surface area contributed by atoms with Gasteiger partial charge in [0.05, 0.1) is 11.1 Å². The number of phenolic OH excluding ortho intramolecular Hbond substituents is 1. The first-order chi connectivity index (χ1) is 17.9. The third-order valence-electron chi connectivity index (χ3n) is 6.17. The SMILES string of the molecule is O=C(O)c1cccc(-c2cccc(N=Nc3c(O)n(CCc4ccccc4Cl)c4ccccc34)c2O)c1. The second-order valence-electron chi connectivity index (χ2n) is 8.44. The molecule has 0 aliphatic carbocycles. The van der Waals surface area contributed by atoms with Gasteiger partial charge in [-0.1, -0.05) is 72.3 Å². The minimum absolute atomic E-state index is 0.0400. The zero-order valence-electron chi connectivity index (χ0n) is 19.5. The van der Waals surface area contributed by atoms with E-state index in [-0.39, 0.29) is 28.6 Å². The van der Waals surface area contributed by atoms with Crippen LogP contribution in [0.4, 0.5) is 11.4 Å². The molecule has 7 nitrogen and oxygen atoms in total. The van der Waals surface area contributed by atoms with Gasteiger partial charge in [0.1, 0.15) is 5.69 Å². The van der Waals surface area contributed by atoms with Crippen molar-refractivity contribution >= 4 is 39.8 Å². The number of halogens is 1. The lowest BCUT2D eigenvalue weighted by molar-refractivity contribution is 0.0697. The molecule has 1 heterocycles. The molecule has 1 aromatic heterocycles. The van der Waals surface area contributed by atoms with Gasteiger partial charge >= 0.3 is 5.97 Å². The summed E-state index contributed by atoms with van der Waals surface area (Å²) in [4.78, 5) is 11.4. The molecule has 0 aliphatic rings. The van der Waals surface area contributed by atoms with Crippen LogP contribution >= 0.6 is 11.6 Å². The normalized spacial score (nSPS) is 11.4. The van der Waals surface area contributed by atoms with E-state index in [9.17, 15) is 20.1 Å². The Bertz CT molecular complexity index is 1660. The van der Waals surface area contributed by atoms with Gasteiger partial charge in [0.2, 0.25) is 5.88 Å². The van der Waals surface area contributed by atoms with Crippen LogP contribution in [-0.4, -0.2) is 25.9 Å². The van der Waals surface area contributed by atoms with Gasteiger partial charge in [-0.3, -0.25) is 0 Å². The Morgan fingerprint density at radius 1 is 0.865 bits per heavy atom. The highest BCUT2D eigenvalue weighted by molar-refractivity contribution is 6.31. The third kappa shape index (κ3) is 4.77. The topological polar surface area (TPSA) is 107 Å². The van der Waals surface area contributed by atoms with E-state index in [1.807, 2.05) is 48.5 Å². The van der Waals surface area contributed by atoms with Gasteiger partial charge in [-0.05, 0) is 47.9 Å². The van der Waals surface area contributed by atoms with Crippen LogP contribution in [0.3, 0.4) is 0 Å². The number of aryl methyl sites for hydroxylation is 2. The summed E-state index contributed by atoms with van der Waals surface area (Å²) in [5, 5.41) is 41.2. The Balaban J connectivity index is 1.50. The lowest BCUT2D eigenvalue weighted by Gasteiger charge is -2.08. The van der Waals surface area contributed by atoms with Gasteiger partial charge in [-0.15, -0.1) is 10.2 Å². The maximum atomic E-state index is 11.4. The zero-order valence-corrected chi connectivity index (χ0v) is 20.3. The molecule has 3 N–H and O–H groups in total. The van der Waals surface area contributed by atoms with Crippen LogP contribution in [0.1, 0.15) is 15.9 Å². The van der Waals surface area contributed by atoms with Crippen LogP contribution in [0, 0.1) is 0 Å². The summed E-state index contributed by atoms with van der Waals surface area (Å²) in [6.07, 6.45) is 0.612. The highest BCUT2D eigenvalue weighted by Crippen LogP contribution is 2.42. The number of hydrogen-bond donors (Lipinski definition) is 3. The van der Waals surface area contributed by atoms with Gasteiger partial charge in [-0.2, -0.15) is 0 Å². The van der Waals surface area contributed by atoms with Crippen LogP contribution in [0.25, 0.3) is 22.0 Å². The molecule has 37 heavy (non-hydrogen) atoms. The number of aromatic nitrogens is 1. The first kappa shape index (κ1) is 24.1. The predicted molar refractivity (Wildman–Crippen MR) is 143 cm³/mol. The van der Waals surface area contributed by atoms with Crippen LogP contribution in [0.15, 0.2) is 101 Å². The van der Waals surface area contributed by atoms with Crippen molar-refractivity contribution in [1.82, 2.24) is 4.57 Å². The number of phenols is 1. The van der Waals surface area contributed by atoms with Gasteiger partial charge in [0.25, 0.3) is 0 Å².